The number of anilines is 2. The maximum atomic E-state index is 12.1. The van der Waals surface area contributed by atoms with E-state index in [9.17, 15) is 4.79 Å². The van der Waals surface area contributed by atoms with Crippen LogP contribution in [0.2, 0.25) is 0 Å². The summed E-state index contributed by atoms with van der Waals surface area (Å²) in [6.07, 6.45) is 4.03. The van der Waals surface area contributed by atoms with Crippen molar-refractivity contribution in [2.75, 3.05) is 10.6 Å². The number of halogens is 1. The van der Waals surface area contributed by atoms with Crippen molar-refractivity contribution in [1.82, 2.24) is 9.97 Å². The van der Waals surface area contributed by atoms with Crippen LogP contribution in [0.4, 0.5) is 11.5 Å². The van der Waals surface area contributed by atoms with Gasteiger partial charge >= 0.3 is 0 Å². The first-order valence-corrected chi connectivity index (χ1v) is 7.53. The van der Waals surface area contributed by atoms with Crippen LogP contribution in [0.15, 0.2) is 41.1 Å². The molecular formula is C15H17BrN4O. The fraction of sp³-hybridized carbons (Fsp3) is 0.267. The maximum Gasteiger partial charge on any atom is 0.275 e. The number of nitrogens with zero attached hydrogens (tertiary/aromatic N) is 2. The van der Waals surface area contributed by atoms with E-state index in [1.54, 1.807) is 6.20 Å². The number of carbonyl (C=O) groups excluding carboxylic acids is 1. The van der Waals surface area contributed by atoms with Crippen molar-refractivity contribution in [3.63, 3.8) is 0 Å². The lowest BCUT2D eigenvalue weighted by Gasteiger charge is -2.11. The Balaban J connectivity index is 2.03. The summed E-state index contributed by atoms with van der Waals surface area (Å²) in [5, 5.41) is 5.98. The molecule has 2 aromatic rings. The molecule has 0 aliphatic rings. The Morgan fingerprint density at radius 2 is 2.14 bits per heavy atom. The van der Waals surface area contributed by atoms with E-state index >= 15 is 0 Å². The molecule has 1 aromatic carbocycles. The molecule has 2 N–H and O–H groups in total. The molecule has 0 spiro atoms. The van der Waals surface area contributed by atoms with Crippen molar-refractivity contribution < 1.29 is 4.79 Å². The number of aromatic nitrogens is 2. The molecule has 1 atom stereocenters. The number of rotatable bonds is 5. The number of carbonyl (C=O) groups is 1. The minimum atomic E-state index is -0.282. The predicted molar refractivity (Wildman–Crippen MR) is 87.5 cm³/mol. The molecule has 0 saturated heterocycles. The van der Waals surface area contributed by atoms with Crippen LogP contribution >= 0.6 is 15.9 Å². The molecular weight excluding hydrogens is 332 g/mol. The van der Waals surface area contributed by atoms with Gasteiger partial charge in [0.15, 0.2) is 0 Å². The number of benzene rings is 1. The van der Waals surface area contributed by atoms with Gasteiger partial charge in [-0.2, -0.15) is 0 Å². The molecule has 0 saturated carbocycles. The van der Waals surface area contributed by atoms with Crippen LogP contribution in [-0.2, 0) is 0 Å². The summed E-state index contributed by atoms with van der Waals surface area (Å²) in [5.74, 6) is 0.388. The van der Waals surface area contributed by atoms with Crippen LogP contribution in [0.25, 0.3) is 0 Å². The van der Waals surface area contributed by atoms with Crippen LogP contribution in [0, 0.1) is 0 Å². The third kappa shape index (κ3) is 4.53. The second kappa shape index (κ2) is 7.17. The van der Waals surface area contributed by atoms with Gasteiger partial charge in [0.1, 0.15) is 11.5 Å². The van der Waals surface area contributed by atoms with Gasteiger partial charge in [-0.25, -0.2) is 9.97 Å². The Labute approximate surface area is 132 Å². The summed E-state index contributed by atoms with van der Waals surface area (Å²) >= 11 is 3.36. The van der Waals surface area contributed by atoms with E-state index in [1.165, 1.54) is 6.20 Å². The van der Waals surface area contributed by atoms with Gasteiger partial charge in [0.2, 0.25) is 0 Å². The van der Waals surface area contributed by atoms with E-state index in [2.05, 4.69) is 50.4 Å². The fourth-order valence-electron chi connectivity index (χ4n) is 1.64. The molecule has 2 rings (SSSR count). The Morgan fingerprint density at radius 3 is 2.76 bits per heavy atom. The van der Waals surface area contributed by atoms with Gasteiger partial charge in [0.05, 0.1) is 12.4 Å². The topological polar surface area (TPSA) is 66.9 Å². The maximum absolute atomic E-state index is 12.1. The van der Waals surface area contributed by atoms with Gasteiger partial charge < -0.3 is 10.6 Å². The van der Waals surface area contributed by atoms with Crippen molar-refractivity contribution in [1.29, 1.82) is 0 Å². The molecule has 0 bridgehead atoms. The molecule has 110 valence electrons. The smallest absolute Gasteiger partial charge is 0.275 e. The SMILES string of the molecule is CCC(C)Nc1cnc(C(=O)Nc2cccc(Br)c2)cn1. The summed E-state index contributed by atoms with van der Waals surface area (Å²) in [6, 6.07) is 7.70. The molecule has 0 fully saturated rings. The Hall–Kier alpha value is -1.95. The zero-order chi connectivity index (χ0) is 15.2. The molecule has 5 nitrogen and oxygen atoms in total. The Kier molecular flexibility index (Phi) is 5.27. The van der Waals surface area contributed by atoms with Crippen LogP contribution in [0.1, 0.15) is 30.8 Å². The predicted octanol–water partition coefficient (Wildman–Crippen LogP) is 3.70. The second-order valence-electron chi connectivity index (χ2n) is 4.70. The van der Waals surface area contributed by atoms with Crippen LogP contribution < -0.4 is 10.6 Å². The summed E-state index contributed by atoms with van der Waals surface area (Å²) < 4.78 is 0.902. The average Bonchev–Trinajstić information content (AvgIpc) is 2.47. The molecule has 1 heterocycles. The molecule has 1 unspecified atom stereocenters. The molecule has 1 amide bonds. The lowest BCUT2D eigenvalue weighted by molar-refractivity contribution is 0.102. The second-order valence-corrected chi connectivity index (χ2v) is 5.62. The van der Waals surface area contributed by atoms with E-state index < -0.39 is 0 Å². The van der Waals surface area contributed by atoms with Crippen molar-refractivity contribution in [3.05, 3.63) is 46.8 Å². The quantitative estimate of drug-likeness (QED) is 0.864. The van der Waals surface area contributed by atoms with Crippen LogP contribution in [0.5, 0.6) is 0 Å². The monoisotopic (exact) mass is 348 g/mol. The summed E-state index contributed by atoms with van der Waals surface area (Å²) in [7, 11) is 0. The number of hydrogen-bond acceptors (Lipinski definition) is 4. The summed E-state index contributed by atoms with van der Waals surface area (Å²) in [4.78, 5) is 20.4. The standard InChI is InChI=1S/C15H17BrN4O/c1-3-10(2)19-14-9-17-13(8-18-14)15(21)20-12-6-4-5-11(16)7-12/h4-10H,3H2,1-2H3,(H,18,19)(H,20,21). The number of amides is 1. The average molecular weight is 349 g/mol. The van der Waals surface area contributed by atoms with Crippen LogP contribution in [0.3, 0.4) is 0 Å². The van der Waals surface area contributed by atoms with E-state index in [4.69, 9.17) is 0 Å². The first kappa shape index (κ1) is 15.4. The summed E-state index contributed by atoms with van der Waals surface area (Å²) in [5.41, 5.74) is 0.989. The largest absolute Gasteiger partial charge is 0.366 e. The van der Waals surface area contributed by atoms with Gasteiger partial charge in [0, 0.05) is 16.2 Å². The van der Waals surface area contributed by atoms with Crippen molar-refractivity contribution >= 4 is 33.3 Å². The molecule has 0 aliphatic heterocycles. The van der Waals surface area contributed by atoms with Crippen molar-refractivity contribution in [2.24, 2.45) is 0 Å². The van der Waals surface area contributed by atoms with E-state index in [0.29, 0.717) is 17.5 Å². The highest BCUT2D eigenvalue weighted by molar-refractivity contribution is 9.10. The highest BCUT2D eigenvalue weighted by Gasteiger charge is 2.09. The van der Waals surface area contributed by atoms with E-state index in [-0.39, 0.29) is 11.6 Å². The van der Waals surface area contributed by atoms with Gasteiger partial charge in [-0.1, -0.05) is 28.9 Å². The van der Waals surface area contributed by atoms with Gasteiger partial charge in [0.25, 0.3) is 5.91 Å². The summed E-state index contributed by atoms with van der Waals surface area (Å²) in [6.45, 7) is 4.15. The first-order valence-electron chi connectivity index (χ1n) is 6.74. The third-order valence-electron chi connectivity index (χ3n) is 2.97. The molecule has 0 aliphatic carbocycles. The highest BCUT2D eigenvalue weighted by atomic mass is 79.9. The normalized spacial score (nSPS) is 11.8. The lowest BCUT2D eigenvalue weighted by atomic mass is 10.2. The van der Waals surface area contributed by atoms with Gasteiger partial charge in [-0.05, 0) is 31.5 Å². The fourth-order valence-corrected chi connectivity index (χ4v) is 2.03. The Morgan fingerprint density at radius 1 is 1.33 bits per heavy atom. The van der Waals surface area contributed by atoms with Gasteiger partial charge in [-0.3, -0.25) is 4.79 Å². The van der Waals surface area contributed by atoms with E-state index in [0.717, 1.165) is 10.9 Å². The zero-order valence-corrected chi connectivity index (χ0v) is 13.5. The van der Waals surface area contributed by atoms with Gasteiger partial charge in [-0.15, -0.1) is 0 Å². The highest BCUT2D eigenvalue weighted by Crippen LogP contribution is 2.16. The molecule has 1 aromatic heterocycles. The van der Waals surface area contributed by atoms with Crippen molar-refractivity contribution in [3.8, 4) is 0 Å². The minimum absolute atomic E-state index is 0.282. The zero-order valence-electron chi connectivity index (χ0n) is 11.9. The lowest BCUT2D eigenvalue weighted by Crippen LogP contribution is -2.17. The third-order valence-corrected chi connectivity index (χ3v) is 3.47. The minimum Gasteiger partial charge on any atom is -0.366 e. The number of hydrogen-bond donors (Lipinski definition) is 2. The molecule has 6 heteroatoms. The Bertz CT molecular complexity index is 615. The first-order chi connectivity index (χ1) is 10.1. The van der Waals surface area contributed by atoms with Crippen molar-refractivity contribution in [2.45, 2.75) is 26.3 Å². The van der Waals surface area contributed by atoms with Crippen LogP contribution in [-0.4, -0.2) is 21.9 Å². The molecule has 0 radical (unpaired) electrons. The molecule has 21 heavy (non-hydrogen) atoms. The number of nitrogens with one attached hydrogen (secondary N) is 2. The van der Waals surface area contributed by atoms with E-state index in [1.807, 2.05) is 24.3 Å².